The van der Waals surface area contributed by atoms with Crippen molar-refractivity contribution >= 4 is 0 Å². The summed E-state index contributed by atoms with van der Waals surface area (Å²) < 4.78 is 5.16. The number of hydrogen-bond donors (Lipinski definition) is 2. The maximum Gasteiger partial charge on any atom is 0.118 e. The number of benzene rings is 1. The fourth-order valence-electron chi connectivity index (χ4n) is 2.98. The standard InChI is InChI=1S/C16H25NO2/c1-12(18)15-5-3-4-6-16(15)17-11-13-7-9-14(19-2)10-8-13/h7-10,12,15-18H,3-6,11H2,1-2H3. The lowest BCUT2D eigenvalue weighted by Gasteiger charge is -2.34. The largest absolute Gasteiger partial charge is 0.497 e. The summed E-state index contributed by atoms with van der Waals surface area (Å²) in [5, 5.41) is 13.5. The van der Waals surface area contributed by atoms with E-state index in [1.807, 2.05) is 19.1 Å². The summed E-state index contributed by atoms with van der Waals surface area (Å²) >= 11 is 0. The highest BCUT2D eigenvalue weighted by atomic mass is 16.5. The molecule has 19 heavy (non-hydrogen) atoms. The number of nitrogens with one attached hydrogen (secondary N) is 1. The molecule has 1 saturated carbocycles. The molecule has 0 aromatic heterocycles. The van der Waals surface area contributed by atoms with Gasteiger partial charge in [0.25, 0.3) is 0 Å². The second-order valence-electron chi connectivity index (χ2n) is 5.52. The van der Waals surface area contributed by atoms with Gasteiger partial charge in [0.2, 0.25) is 0 Å². The molecular weight excluding hydrogens is 238 g/mol. The van der Waals surface area contributed by atoms with Crippen molar-refractivity contribution in [1.29, 1.82) is 0 Å². The van der Waals surface area contributed by atoms with Gasteiger partial charge in [-0.05, 0) is 43.4 Å². The third kappa shape index (κ3) is 3.95. The third-order valence-electron chi connectivity index (χ3n) is 4.17. The highest BCUT2D eigenvalue weighted by Gasteiger charge is 2.27. The first-order chi connectivity index (χ1) is 9.20. The van der Waals surface area contributed by atoms with E-state index in [1.165, 1.54) is 24.8 Å². The van der Waals surface area contributed by atoms with Crippen LogP contribution in [0.3, 0.4) is 0 Å². The van der Waals surface area contributed by atoms with E-state index in [0.717, 1.165) is 18.7 Å². The number of aliphatic hydroxyl groups excluding tert-OH is 1. The van der Waals surface area contributed by atoms with Crippen LogP contribution in [-0.2, 0) is 6.54 Å². The summed E-state index contributed by atoms with van der Waals surface area (Å²) in [6, 6.07) is 8.60. The van der Waals surface area contributed by atoms with Crippen LogP contribution >= 0.6 is 0 Å². The molecule has 0 amide bonds. The molecule has 0 aliphatic heterocycles. The van der Waals surface area contributed by atoms with E-state index >= 15 is 0 Å². The zero-order valence-corrected chi connectivity index (χ0v) is 11.9. The smallest absolute Gasteiger partial charge is 0.118 e. The maximum absolute atomic E-state index is 9.86. The lowest BCUT2D eigenvalue weighted by Crippen LogP contribution is -2.42. The Kier molecular flexibility index (Phi) is 5.23. The molecule has 0 radical (unpaired) electrons. The second kappa shape index (κ2) is 6.92. The van der Waals surface area contributed by atoms with Crippen LogP contribution in [0, 0.1) is 5.92 Å². The first kappa shape index (κ1) is 14.4. The van der Waals surface area contributed by atoms with Crippen molar-refractivity contribution in [1.82, 2.24) is 5.32 Å². The van der Waals surface area contributed by atoms with Gasteiger partial charge >= 0.3 is 0 Å². The van der Waals surface area contributed by atoms with E-state index < -0.39 is 0 Å². The van der Waals surface area contributed by atoms with Gasteiger partial charge in [-0.2, -0.15) is 0 Å². The number of aliphatic hydroxyl groups is 1. The Balaban J connectivity index is 1.88. The van der Waals surface area contributed by atoms with Gasteiger partial charge in [0.05, 0.1) is 13.2 Å². The normalized spacial score (nSPS) is 25.0. The molecule has 1 aromatic rings. The zero-order valence-electron chi connectivity index (χ0n) is 11.9. The maximum atomic E-state index is 9.86. The minimum Gasteiger partial charge on any atom is -0.497 e. The van der Waals surface area contributed by atoms with Crippen LogP contribution in [0.1, 0.15) is 38.2 Å². The van der Waals surface area contributed by atoms with Crippen molar-refractivity contribution in [3.05, 3.63) is 29.8 Å². The van der Waals surface area contributed by atoms with Crippen LogP contribution in [0.4, 0.5) is 0 Å². The van der Waals surface area contributed by atoms with Crippen molar-refractivity contribution in [2.75, 3.05) is 7.11 Å². The lowest BCUT2D eigenvalue weighted by atomic mass is 9.81. The summed E-state index contributed by atoms with van der Waals surface area (Å²) in [6.07, 6.45) is 4.61. The molecule has 3 unspecified atom stereocenters. The van der Waals surface area contributed by atoms with Crippen LogP contribution in [-0.4, -0.2) is 24.4 Å². The van der Waals surface area contributed by atoms with Crippen LogP contribution in [0.5, 0.6) is 5.75 Å². The number of rotatable bonds is 5. The van der Waals surface area contributed by atoms with Gasteiger partial charge < -0.3 is 15.2 Å². The molecule has 0 spiro atoms. The average Bonchev–Trinajstić information content (AvgIpc) is 2.46. The number of methoxy groups -OCH3 is 1. The van der Waals surface area contributed by atoms with E-state index in [0.29, 0.717) is 12.0 Å². The average molecular weight is 263 g/mol. The predicted molar refractivity (Wildman–Crippen MR) is 77.3 cm³/mol. The molecule has 1 aliphatic carbocycles. The van der Waals surface area contributed by atoms with Crippen molar-refractivity contribution < 1.29 is 9.84 Å². The minimum atomic E-state index is -0.214. The molecule has 0 heterocycles. The Morgan fingerprint density at radius 2 is 1.95 bits per heavy atom. The summed E-state index contributed by atoms with van der Waals surface area (Å²) in [7, 11) is 1.68. The monoisotopic (exact) mass is 263 g/mol. The minimum absolute atomic E-state index is 0.214. The van der Waals surface area contributed by atoms with Crippen LogP contribution < -0.4 is 10.1 Å². The summed E-state index contributed by atoms with van der Waals surface area (Å²) in [6.45, 7) is 2.77. The quantitative estimate of drug-likeness (QED) is 0.858. The molecule has 2 rings (SSSR count). The van der Waals surface area contributed by atoms with Crippen LogP contribution in [0.2, 0.25) is 0 Å². The van der Waals surface area contributed by atoms with E-state index in [1.54, 1.807) is 7.11 Å². The Hall–Kier alpha value is -1.06. The van der Waals surface area contributed by atoms with Crippen molar-refractivity contribution in [2.45, 2.75) is 51.3 Å². The van der Waals surface area contributed by atoms with E-state index in [2.05, 4.69) is 17.4 Å². The third-order valence-corrected chi connectivity index (χ3v) is 4.17. The fourth-order valence-corrected chi connectivity index (χ4v) is 2.98. The molecular formula is C16H25NO2. The zero-order chi connectivity index (χ0) is 13.7. The SMILES string of the molecule is COc1ccc(CNC2CCCCC2C(C)O)cc1. The lowest BCUT2D eigenvalue weighted by molar-refractivity contribution is 0.0759. The number of ether oxygens (including phenoxy) is 1. The van der Waals surface area contributed by atoms with Gasteiger partial charge in [0.1, 0.15) is 5.75 Å². The summed E-state index contributed by atoms with van der Waals surface area (Å²) in [5.41, 5.74) is 1.26. The molecule has 1 aromatic carbocycles. The fraction of sp³-hybridized carbons (Fsp3) is 0.625. The summed E-state index contributed by atoms with van der Waals surface area (Å²) in [4.78, 5) is 0. The molecule has 3 heteroatoms. The highest BCUT2D eigenvalue weighted by Crippen LogP contribution is 2.27. The molecule has 106 valence electrons. The van der Waals surface area contributed by atoms with Crippen molar-refractivity contribution in [3.63, 3.8) is 0 Å². The van der Waals surface area contributed by atoms with Gasteiger partial charge in [0.15, 0.2) is 0 Å². The Morgan fingerprint density at radius 1 is 1.26 bits per heavy atom. The Labute approximate surface area is 116 Å². The van der Waals surface area contributed by atoms with Gasteiger partial charge in [-0.1, -0.05) is 25.0 Å². The van der Waals surface area contributed by atoms with E-state index in [4.69, 9.17) is 4.74 Å². The molecule has 2 N–H and O–H groups in total. The Morgan fingerprint density at radius 3 is 2.58 bits per heavy atom. The van der Waals surface area contributed by atoms with E-state index in [9.17, 15) is 5.11 Å². The molecule has 1 aliphatic rings. The van der Waals surface area contributed by atoms with Crippen LogP contribution in [0.25, 0.3) is 0 Å². The van der Waals surface area contributed by atoms with Gasteiger partial charge in [-0.25, -0.2) is 0 Å². The molecule has 3 atom stereocenters. The predicted octanol–water partition coefficient (Wildman–Crippen LogP) is 2.72. The Bertz CT molecular complexity index is 375. The van der Waals surface area contributed by atoms with Crippen LogP contribution in [0.15, 0.2) is 24.3 Å². The summed E-state index contributed by atoms with van der Waals surface area (Å²) in [5.74, 6) is 1.29. The molecule has 1 fully saturated rings. The van der Waals surface area contributed by atoms with Gasteiger partial charge in [-0.3, -0.25) is 0 Å². The topological polar surface area (TPSA) is 41.5 Å². The van der Waals surface area contributed by atoms with Gasteiger partial charge in [-0.15, -0.1) is 0 Å². The number of hydrogen-bond acceptors (Lipinski definition) is 3. The van der Waals surface area contributed by atoms with Crippen molar-refractivity contribution in [3.8, 4) is 5.75 Å². The highest BCUT2D eigenvalue weighted by molar-refractivity contribution is 5.27. The van der Waals surface area contributed by atoms with Gasteiger partial charge in [0, 0.05) is 12.6 Å². The molecule has 0 saturated heterocycles. The second-order valence-corrected chi connectivity index (χ2v) is 5.52. The molecule has 0 bridgehead atoms. The van der Waals surface area contributed by atoms with E-state index in [-0.39, 0.29) is 6.10 Å². The first-order valence-corrected chi connectivity index (χ1v) is 7.25. The molecule has 3 nitrogen and oxygen atoms in total. The van der Waals surface area contributed by atoms with Crippen molar-refractivity contribution in [2.24, 2.45) is 5.92 Å². The first-order valence-electron chi connectivity index (χ1n) is 7.25.